The van der Waals surface area contributed by atoms with Crippen LogP contribution in [0, 0.1) is 11.8 Å². The highest BCUT2D eigenvalue weighted by Crippen LogP contribution is 2.55. The van der Waals surface area contributed by atoms with Crippen LogP contribution in [-0.2, 0) is 31.1 Å². The maximum atomic E-state index is 14.4. The minimum absolute atomic E-state index is 0.167. The lowest BCUT2D eigenvalue weighted by Crippen LogP contribution is -2.56. The molecule has 2 saturated heterocycles. The van der Waals surface area contributed by atoms with Crippen molar-refractivity contribution in [2.45, 2.75) is 24.9 Å². The van der Waals surface area contributed by atoms with Gasteiger partial charge < -0.3 is 9.80 Å². The van der Waals surface area contributed by atoms with E-state index in [1.807, 2.05) is 49.4 Å². The lowest BCUT2D eigenvalue weighted by Gasteiger charge is -2.30. The van der Waals surface area contributed by atoms with Crippen LogP contribution in [0.4, 0.5) is 17.1 Å². The molecular formula is C30H25ClN4O4. The van der Waals surface area contributed by atoms with Gasteiger partial charge in [-0.25, -0.2) is 4.90 Å². The van der Waals surface area contributed by atoms with Gasteiger partial charge in [0.05, 0.1) is 17.5 Å². The lowest BCUT2D eigenvalue weighted by molar-refractivity contribution is -0.132. The molecule has 4 aliphatic heterocycles. The molecule has 196 valence electrons. The van der Waals surface area contributed by atoms with E-state index in [0.29, 0.717) is 28.5 Å². The third kappa shape index (κ3) is 3.22. The van der Waals surface area contributed by atoms with Gasteiger partial charge in [-0.3, -0.25) is 24.5 Å². The Morgan fingerprint density at radius 1 is 0.974 bits per heavy atom. The van der Waals surface area contributed by atoms with E-state index in [1.165, 1.54) is 4.90 Å². The average molecular weight is 541 g/mol. The van der Waals surface area contributed by atoms with Crippen LogP contribution in [0.5, 0.6) is 0 Å². The van der Waals surface area contributed by atoms with Gasteiger partial charge in [0.15, 0.2) is 0 Å². The van der Waals surface area contributed by atoms with Crippen LogP contribution in [-0.4, -0.2) is 42.8 Å². The summed E-state index contributed by atoms with van der Waals surface area (Å²) in [4.78, 5) is 60.0. The van der Waals surface area contributed by atoms with Crippen LogP contribution in [0.3, 0.4) is 0 Å². The van der Waals surface area contributed by atoms with E-state index < -0.39 is 35.2 Å². The summed E-state index contributed by atoms with van der Waals surface area (Å²) in [6, 6.07) is 21.1. The molecule has 4 aliphatic rings. The Morgan fingerprint density at radius 2 is 1.72 bits per heavy atom. The summed E-state index contributed by atoms with van der Waals surface area (Å²) < 4.78 is 0. The van der Waals surface area contributed by atoms with Crippen LogP contribution in [0.1, 0.15) is 18.1 Å². The molecule has 2 fully saturated rings. The van der Waals surface area contributed by atoms with Crippen molar-refractivity contribution in [2.75, 3.05) is 27.8 Å². The molecule has 3 aromatic rings. The van der Waals surface area contributed by atoms with E-state index in [2.05, 4.69) is 5.32 Å². The molecule has 4 heterocycles. The fourth-order valence-electron chi connectivity index (χ4n) is 6.95. The fraction of sp³-hybridized carbons (Fsp3) is 0.267. The molecule has 0 unspecified atom stereocenters. The third-order valence-electron chi connectivity index (χ3n) is 8.56. The second kappa shape index (κ2) is 8.49. The van der Waals surface area contributed by atoms with E-state index in [1.54, 1.807) is 35.2 Å². The van der Waals surface area contributed by atoms with Gasteiger partial charge in [0, 0.05) is 34.5 Å². The van der Waals surface area contributed by atoms with Crippen LogP contribution in [0.2, 0.25) is 5.02 Å². The topological polar surface area (TPSA) is 90.0 Å². The van der Waals surface area contributed by atoms with Crippen LogP contribution in [0.15, 0.2) is 72.8 Å². The van der Waals surface area contributed by atoms with Crippen molar-refractivity contribution in [3.05, 3.63) is 88.9 Å². The summed E-state index contributed by atoms with van der Waals surface area (Å²) in [5.74, 6) is -3.10. The molecular weight excluding hydrogens is 516 g/mol. The van der Waals surface area contributed by atoms with Gasteiger partial charge in [0.1, 0.15) is 12.1 Å². The number of anilines is 3. The predicted molar refractivity (Wildman–Crippen MR) is 146 cm³/mol. The summed E-state index contributed by atoms with van der Waals surface area (Å²) >= 11 is 6.17. The van der Waals surface area contributed by atoms with Gasteiger partial charge in [-0.2, -0.15) is 0 Å². The summed E-state index contributed by atoms with van der Waals surface area (Å²) in [7, 11) is 0. The number of carbonyl (C=O) groups is 4. The minimum Gasteiger partial charge on any atom is -0.310 e. The maximum Gasteiger partial charge on any atom is 0.253 e. The number of imide groups is 1. The smallest absolute Gasteiger partial charge is 0.253 e. The van der Waals surface area contributed by atoms with Crippen LogP contribution < -0.4 is 20.0 Å². The standard InChI is InChI=1S/C30H25ClN4O4/c1-17-25-26(28(38)35(27(25)37)20-9-6-8-19(31)15-20)30(32-17)21-10-3-5-12-23(21)34(29(30)39)16-24(36)33-14-13-18-7-2-4-11-22(18)33/h2-12,15,17,25-26,32H,13-14,16H2,1H3/t17-,25-,26+,30-/m0/s1. The molecule has 1 N–H and O–H groups in total. The summed E-state index contributed by atoms with van der Waals surface area (Å²) in [5.41, 5.74) is 2.07. The number of nitrogens with zero attached hydrogens (tertiary/aromatic N) is 3. The van der Waals surface area contributed by atoms with Crippen molar-refractivity contribution in [3.8, 4) is 0 Å². The largest absolute Gasteiger partial charge is 0.310 e. The molecule has 9 heteroatoms. The number of hydrogen-bond donors (Lipinski definition) is 1. The number of carbonyl (C=O) groups excluding carboxylic acids is 4. The second-order valence-electron chi connectivity index (χ2n) is 10.6. The summed E-state index contributed by atoms with van der Waals surface area (Å²) in [6.07, 6.45) is 0.759. The number of benzene rings is 3. The number of hydrogen-bond acceptors (Lipinski definition) is 5. The van der Waals surface area contributed by atoms with Crippen molar-refractivity contribution in [1.82, 2.24) is 5.32 Å². The number of amides is 4. The molecule has 4 amide bonds. The molecule has 3 aromatic carbocycles. The van der Waals surface area contributed by atoms with E-state index in [9.17, 15) is 19.2 Å². The van der Waals surface area contributed by atoms with Crippen molar-refractivity contribution >= 4 is 52.3 Å². The molecule has 0 bridgehead atoms. The molecule has 0 aromatic heterocycles. The Bertz CT molecular complexity index is 1590. The Morgan fingerprint density at radius 3 is 2.51 bits per heavy atom. The first-order valence-electron chi connectivity index (χ1n) is 13.0. The molecule has 7 rings (SSSR count). The van der Waals surface area contributed by atoms with E-state index >= 15 is 0 Å². The van der Waals surface area contributed by atoms with E-state index in [-0.39, 0.29) is 18.4 Å². The quantitative estimate of drug-likeness (QED) is 0.515. The Balaban J connectivity index is 1.28. The maximum absolute atomic E-state index is 14.4. The number of fused-ring (bicyclic) bond motifs is 5. The number of para-hydroxylation sites is 2. The third-order valence-corrected chi connectivity index (χ3v) is 8.80. The minimum atomic E-state index is -1.45. The molecule has 0 saturated carbocycles. The second-order valence-corrected chi connectivity index (χ2v) is 11.0. The van der Waals surface area contributed by atoms with Crippen molar-refractivity contribution in [1.29, 1.82) is 0 Å². The number of nitrogens with one attached hydrogen (secondary N) is 1. The first-order valence-corrected chi connectivity index (χ1v) is 13.4. The van der Waals surface area contributed by atoms with Gasteiger partial charge in [0.25, 0.3) is 5.91 Å². The lowest BCUT2D eigenvalue weighted by atomic mass is 9.76. The molecule has 1 spiro atoms. The first kappa shape index (κ1) is 24.1. The SMILES string of the molecule is C[C@@H]1N[C@]2(C(=O)N(CC(=O)N3CCc4ccccc43)c3ccccc32)[C@H]2C(=O)N(c3cccc(Cl)c3)C(=O)[C@@H]12. The van der Waals surface area contributed by atoms with Gasteiger partial charge >= 0.3 is 0 Å². The van der Waals surface area contributed by atoms with Gasteiger partial charge in [-0.05, 0) is 49.2 Å². The van der Waals surface area contributed by atoms with Gasteiger partial charge in [-0.1, -0.05) is 54.1 Å². The number of rotatable bonds is 3. The van der Waals surface area contributed by atoms with Gasteiger partial charge in [0.2, 0.25) is 17.7 Å². The zero-order valence-corrected chi connectivity index (χ0v) is 21.9. The van der Waals surface area contributed by atoms with E-state index in [0.717, 1.165) is 22.6 Å². The number of halogens is 1. The molecule has 8 nitrogen and oxygen atoms in total. The average Bonchev–Trinajstić information content (AvgIpc) is 3.63. The van der Waals surface area contributed by atoms with Crippen molar-refractivity contribution in [3.63, 3.8) is 0 Å². The monoisotopic (exact) mass is 540 g/mol. The Hall–Kier alpha value is -4.01. The zero-order valence-electron chi connectivity index (χ0n) is 21.1. The summed E-state index contributed by atoms with van der Waals surface area (Å²) in [5, 5.41) is 3.76. The fourth-order valence-corrected chi connectivity index (χ4v) is 7.14. The molecule has 39 heavy (non-hydrogen) atoms. The van der Waals surface area contributed by atoms with Crippen molar-refractivity contribution in [2.24, 2.45) is 11.8 Å². The molecule has 4 atom stereocenters. The van der Waals surface area contributed by atoms with Crippen molar-refractivity contribution < 1.29 is 19.2 Å². The molecule has 0 radical (unpaired) electrons. The highest BCUT2D eigenvalue weighted by atomic mass is 35.5. The Kier molecular flexibility index (Phi) is 5.24. The van der Waals surface area contributed by atoms with Crippen LogP contribution in [0.25, 0.3) is 0 Å². The van der Waals surface area contributed by atoms with Gasteiger partial charge in [-0.15, -0.1) is 0 Å². The van der Waals surface area contributed by atoms with E-state index in [4.69, 9.17) is 11.6 Å². The Labute approximate surface area is 230 Å². The highest BCUT2D eigenvalue weighted by molar-refractivity contribution is 6.31. The summed E-state index contributed by atoms with van der Waals surface area (Å²) in [6.45, 7) is 2.21. The zero-order chi connectivity index (χ0) is 27.1. The normalized spacial score (nSPS) is 27.0. The first-order chi connectivity index (χ1) is 18.8. The highest BCUT2D eigenvalue weighted by Gasteiger charge is 2.71. The predicted octanol–water partition coefficient (Wildman–Crippen LogP) is 3.27. The van der Waals surface area contributed by atoms with Crippen LogP contribution >= 0.6 is 11.6 Å². The molecule has 0 aliphatic carbocycles.